The van der Waals surface area contributed by atoms with E-state index in [1.807, 2.05) is 0 Å². The van der Waals surface area contributed by atoms with Gasteiger partial charge in [0.2, 0.25) is 11.8 Å². The van der Waals surface area contributed by atoms with E-state index in [-0.39, 0.29) is 0 Å². The van der Waals surface area contributed by atoms with Crippen LogP contribution in [0.2, 0.25) is 0 Å². The first-order chi connectivity index (χ1) is 14.1. The van der Waals surface area contributed by atoms with Crippen LogP contribution in [-0.4, -0.2) is 119 Å². The molecular formula is C17H30N2O11. The molecule has 13 nitrogen and oxygen atoms in total. The molecule has 0 aromatic carbocycles. The van der Waals surface area contributed by atoms with E-state index in [2.05, 4.69) is 10.6 Å². The molecule has 0 bridgehead atoms. The van der Waals surface area contributed by atoms with Crippen molar-refractivity contribution in [2.75, 3.05) is 20.3 Å². The number of rotatable bonds is 7. The Kier molecular flexibility index (Phi) is 8.90. The number of hydrogen-bond acceptors (Lipinski definition) is 11. The van der Waals surface area contributed by atoms with Crippen LogP contribution in [-0.2, 0) is 28.5 Å². The molecular weight excluding hydrogens is 408 g/mol. The van der Waals surface area contributed by atoms with Gasteiger partial charge in [0.25, 0.3) is 0 Å². The second-order valence-corrected chi connectivity index (χ2v) is 7.21. The molecule has 174 valence electrons. The summed E-state index contributed by atoms with van der Waals surface area (Å²) in [7, 11) is 1.30. The number of hydrogen-bond donors (Lipinski definition) is 7. The van der Waals surface area contributed by atoms with Gasteiger partial charge in [0.15, 0.2) is 12.6 Å². The van der Waals surface area contributed by atoms with E-state index >= 15 is 0 Å². The van der Waals surface area contributed by atoms with E-state index in [1.54, 1.807) is 0 Å². The maximum Gasteiger partial charge on any atom is 0.217 e. The molecule has 2 rings (SSSR count). The summed E-state index contributed by atoms with van der Waals surface area (Å²) in [6.07, 6.45) is -10.4. The largest absolute Gasteiger partial charge is 0.394 e. The molecule has 4 unspecified atom stereocenters. The molecule has 0 spiro atoms. The Morgan fingerprint density at radius 2 is 1.37 bits per heavy atom. The summed E-state index contributed by atoms with van der Waals surface area (Å²) in [5, 5.41) is 55.3. The molecule has 2 saturated heterocycles. The van der Waals surface area contributed by atoms with Gasteiger partial charge in [0.05, 0.1) is 13.2 Å². The summed E-state index contributed by atoms with van der Waals surface area (Å²) in [5.74, 6) is -1.06. The van der Waals surface area contributed by atoms with Gasteiger partial charge in [0.1, 0.15) is 48.7 Å². The molecule has 0 saturated carbocycles. The van der Waals surface area contributed by atoms with Gasteiger partial charge in [-0.1, -0.05) is 0 Å². The van der Waals surface area contributed by atoms with Crippen LogP contribution in [0.1, 0.15) is 13.8 Å². The van der Waals surface area contributed by atoms with Crippen LogP contribution in [0.4, 0.5) is 0 Å². The minimum Gasteiger partial charge on any atom is -0.394 e. The quantitative estimate of drug-likeness (QED) is 0.202. The maximum atomic E-state index is 11.6. The molecule has 7 N–H and O–H groups in total. The summed E-state index contributed by atoms with van der Waals surface area (Å²) in [5.41, 5.74) is 0. The van der Waals surface area contributed by atoms with Gasteiger partial charge in [-0.3, -0.25) is 9.59 Å². The highest BCUT2D eigenvalue weighted by molar-refractivity contribution is 5.73. The Labute approximate surface area is 172 Å². The van der Waals surface area contributed by atoms with Gasteiger partial charge in [-0.15, -0.1) is 0 Å². The van der Waals surface area contributed by atoms with E-state index in [4.69, 9.17) is 18.9 Å². The van der Waals surface area contributed by atoms with Crippen LogP contribution in [0, 0.1) is 0 Å². The van der Waals surface area contributed by atoms with Crippen molar-refractivity contribution in [1.29, 1.82) is 0 Å². The lowest BCUT2D eigenvalue weighted by Gasteiger charge is -2.47. The van der Waals surface area contributed by atoms with Crippen LogP contribution in [0.25, 0.3) is 0 Å². The average Bonchev–Trinajstić information content (AvgIpc) is 2.68. The molecule has 2 aliphatic rings. The van der Waals surface area contributed by atoms with Crippen molar-refractivity contribution in [3.63, 3.8) is 0 Å². The summed E-state index contributed by atoms with van der Waals surface area (Å²) in [6.45, 7) is 1.19. The van der Waals surface area contributed by atoms with Gasteiger partial charge in [-0.25, -0.2) is 0 Å². The minimum absolute atomic E-state index is 0.515. The normalized spacial score (nSPS) is 41.9. The van der Waals surface area contributed by atoms with Crippen molar-refractivity contribution < 1.29 is 54.1 Å². The van der Waals surface area contributed by atoms with E-state index < -0.39 is 86.3 Å². The number of amides is 2. The number of aliphatic hydroxyl groups excluding tert-OH is 5. The van der Waals surface area contributed by atoms with Gasteiger partial charge in [-0.05, 0) is 0 Å². The lowest BCUT2D eigenvalue weighted by atomic mass is 9.94. The van der Waals surface area contributed by atoms with Crippen LogP contribution in [0.3, 0.4) is 0 Å². The Hall–Kier alpha value is -1.42. The van der Waals surface area contributed by atoms with E-state index in [0.717, 1.165) is 0 Å². The molecule has 0 radical (unpaired) electrons. The molecule has 0 aromatic rings. The molecule has 2 aliphatic heterocycles. The predicted molar refractivity (Wildman–Crippen MR) is 96.6 cm³/mol. The van der Waals surface area contributed by atoms with Crippen LogP contribution in [0.5, 0.6) is 0 Å². The van der Waals surface area contributed by atoms with Crippen molar-refractivity contribution >= 4 is 11.8 Å². The SMILES string of the molecule is CO[C@@H]1C(CO)O[C@@H](O[C@@H]2C(CO)O[C@@H](O)C(NC(C)=O)[C@H]2O)C(NC(C)=O)[C@H]1O. The number of aliphatic hydroxyl groups is 5. The number of nitrogens with one attached hydrogen (secondary N) is 2. The monoisotopic (exact) mass is 438 g/mol. The predicted octanol–water partition coefficient (Wildman–Crippen LogP) is -4.46. The van der Waals surface area contributed by atoms with Gasteiger partial charge >= 0.3 is 0 Å². The topological polar surface area (TPSA) is 196 Å². The van der Waals surface area contributed by atoms with Crippen molar-refractivity contribution in [2.24, 2.45) is 0 Å². The first-order valence-electron chi connectivity index (χ1n) is 9.43. The Bertz CT molecular complexity index is 594. The fourth-order valence-corrected chi connectivity index (χ4v) is 3.66. The highest BCUT2D eigenvalue weighted by atomic mass is 16.7. The first-order valence-corrected chi connectivity index (χ1v) is 9.43. The van der Waals surface area contributed by atoms with E-state index in [1.165, 1.54) is 21.0 Å². The number of ether oxygens (including phenoxy) is 4. The third-order valence-electron chi connectivity index (χ3n) is 5.03. The second kappa shape index (κ2) is 10.7. The molecule has 2 amide bonds. The molecule has 10 atom stereocenters. The van der Waals surface area contributed by atoms with Crippen molar-refractivity contribution in [1.82, 2.24) is 10.6 Å². The van der Waals surface area contributed by atoms with Crippen LogP contribution in [0.15, 0.2) is 0 Å². The van der Waals surface area contributed by atoms with Crippen LogP contribution >= 0.6 is 0 Å². The Balaban J connectivity index is 2.28. The molecule has 2 heterocycles. The van der Waals surface area contributed by atoms with Gasteiger partial charge < -0.3 is 55.1 Å². The highest BCUT2D eigenvalue weighted by Gasteiger charge is 2.51. The molecule has 30 heavy (non-hydrogen) atoms. The van der Waals surface area contributed by atoms with Crippen molar-refractivity contribution in [2.45, 2.75) is 75.1 Å². The van der Waals surface area contributed by atoms with Gasteiger partial charge in [-0.2, -0.15) is 0 Å². The summed E-state index contributed by atoms with van der Waals surface area (Å²) in [6, 6.07) is -2.43. The second-order valence-electron chi connectivity index (χ2n) is 7.21. The average molecular weight is 438 g/mol. The highest BCUT2D eigenvalue weighted by Crippen LogP contribution is 2.29. The minimum atomic E-state index is -1.62. The maximum absolute atomic E-state index is 11.6. The molecule has 13 heteroatoms. The third kappa shape index (κ3) is 5.43. The lowest BCUT2D eigenvalue weighted by Crippen LogP contribution is -2.69. The zero-order chi connectivity index (χ0) is 22.6. The van der Waals surface area contributed by atoms with Crippen molar-refractivity contribution in [3.05, 3.63) is 0 Å². The summed E-state index contributed by atoms with van der Waals surface area (Å²) >= 11 is 0. The number of methoxy groups -OCH3 is 1. The van der Waals surface area contributed by atoms with Gasteiger partial charge in [0, 0.05) is 21.0 Å². The first kappa shape index (κ1) is 24.8. The summed E-state index contributed by atoms with van der Waals surface area (Å²) in [4.78, 5) is 23.0. The lowest BCUT2D eigenvalue weighted by molar-refractivity contribution is -0.329. The van der Waals surface area contributed by atoms with Crippen LogP contribution < -0.4 is 10.6 Å². The number of carbonyl (C=O) groups is 2. The third-order valence-corrected chi connectivity index (χ3v) is 5.03. The fraction of sp³-hybridized carbons (Fsp3) is 0.882. The van der Waals surface area contributed by atoms with E-state index in [9.17, 15) is 35.1 Å². The Morgan fingerprint density at radius 3 is 1.87 bits per heavy atom. The van der Waals surface area contributed by atoms with Crippen molar-refractivity contribution in [3.8, 4) is 0 Å². The zero-order valence-corrected chi connectivity index (χ0v) is 16.9. The fourth-order valence-electron chi connectivity index (χ4n) is 3.66. The van der Waals surface area contributed by atoms with E-state index in [0.29, 0.717) is 0 Å². The standard InChI is InChI=1S/C17H30N2O11/c1-6(22)18-10-12(24)15(9(5-21)28-16(10)26)30-17-11(19-7(2)23)13(25)14(27-3)8(4-20)29-17/h8-17,20-21,24-26H,4-5H2,1-3H3,(H,18,22)(H,19,23)/t8?,9?,10?,11?,12-,13-,14-,15-,16-,17+/m1/s1. The zero-order valence-electron chi connectivity index (χ0n) is 16.9. The summed E-state index contributed by atoms with van der Waals surface area (Å²) < 4.78 is 21.8. The number of carbonyl (C=O) groups excluding carboxylic acids is 2. The Morgan fingerprint density at radius 1 is 0.867 bits per heavy atom. The molecule has 2 fully saturated rings. The molecule has 0 aliphatic carbocycles. The molecule has 0 aromatic heterocycles. The smallest absolute Gasteiger partial charge is 0.217 e.